The fourth-order valence-corrected chi connectivity index (χ4v) is 1.46. The summed E-state index contributed by atoms with van der Waals surface area (Å²) in [6, 6.07) is -0.637. The number of nitrogens with two attached hydrogens (primary N) is 1. The number of morpholine rings is 1. The van der Waals surface area contributed by atoms with E-state index < -0.39 is 12.1 Å². The zero-order valence-corrected chi connectivity index (χ0v) is 9.17. The Morgan fingerprint density at radius 3 is 2.75 bits per heavy atom. The number of aliphatic hydroxyl groups is 1. The van der Waals surface area contributed by atoms with Crippen LogP contribution in [0.5, 0.6) is 0 Å². The number of aromatic nitrogens is 2. The average molecular weight is 228 g/mol. The average Bonchev–Trinajstić information content (AvgIpc) is 2.78. The van der Waals surface area contributed by atoms with Crippen molar-refractivity contribution in [3.05, 3.63) is 5.89 Å². The normalized spacial score (nSPS) is 20.8. The van der Waals surface area contributed by atoms with E-state index in [9.17, 15) is 5.11 Å². The molecular formula is C9H16N4O3. The fraction of sp³-hybridized carbons (Fsp3) is 0.778. The minimum Gasteiger partial charge on any atom is -0.391 e. The molecule has 1 aliphatic rings. The molecule has 2 heterocycles. The van der Waals surface area contributed by atoms with E-state index >= 15 is 0 Å². The van der Waals surface area contributed by atoms with Crippen LogP contribution in [0.2, 0.25) is 0 Å². The molecule has 0 aliphatic carbocycles. The molecule has 7 heteroatoms. The van der Waals surface area contributed by atoms with Gasteiger partial charge < -0.3 is 25.0 Å². The molecule has 0 unspecified atom stereocenters. The predicted molar refractivity (Wildman–Crippen MR) is 55.9 cm³/mol. The monoisotopic (exact) mass is 228 g/mol. The third kappa shape index (κ3) is 2.31. The first-order valence-electron chi connectivity index (χ1n) is 5.28. The van der Waals surface area contributed by atoms with E-state index in [1.54, 1.807) is 6.92 Å². The summed E-state index contributed by atoms with van der Waals surface area (Å²) in [5, 5.41) is 13.1. The van der Waals surface area contributed by atoms with Gasteiger partial charge in [-0.3, -0.25) is 0 Å². The molecule has 0 saturated carbocycles. The molecular weight excluding hydrogens is 212 g/mol. The molecule has 2 rings (SSSR count). The smallest absolute Gasteiger partial charge is 0.266 e. The standard InChI is InChI=1S/C9H16N4O3/c1-6(14)7(10)8-11-9(12-16-8)13-2-4-15-5-3-13/h6-7,14H,2-5,10H2,1H3/t6-,7+/m1/s1. The molecule has 2 atom stereocenters. The molecule has 0 radical (unpaired) electrons. The lowest BCUT2D eigenvalue weighted by atomic mass is 10.2. The Kier molecular flexibility index (Phi) is 3.37. The highest BCUT2D eigenvalue weighted by Crippen LogP contribution is 2.16. The van der Waals surface area contributed by atoms with E-state index in [2.05, 4.69) is 10.1 Å². The highest BCUT2D eigenvalue weighted by Gasteiger charge is 2.22. The van der Waals surface area contributed by atoms with E-state index in [-0.39, 0.29) is 5.89 Å². The van der Waals surface area contributed by atoms with Gasteiger partial charge in [0.1, 0.15) is 6.04 Å². The van der Waals surface area contributed by atoms with Gasteiger partial charge in [-0.2, -0.15) is 4.98 Å². The number of anilines is 1. The Morgan fingerprint density at radius 1 is 1.44 bits per heavy atom. The lowest BCUT2D eigenvalue weighted by Gasteiger charge is -2.24. The molecule has 0 amide bonds. The molecule has 1 aliphatic heterocycles. The Morgan fingerprint density at radius 2 is 2.12 bits per heavy atom. The molecule has 16 heavy (non-hydrogen) atoms. The van der Waals surface area contributed by atoms with Crippen LogP contribution >= 0.6 is 0 Å². The third-order valence-electron chi connectivity index (χ3n) is 2.53. The zero-order valence-electron chi connectivity index (χ0n) is 9.17. The van der Waals surface area contributed by atoms with E-state index in [1.165, 1.54) is 0 Å². The van der Waals surface area contributed by atoms with E-state index in [1.807, 2.05) is 4.90 Å². The second kappa shape index (κ2) is 4.77. The maximum absolute atomic E-state index is 9.31. The number of ether oxygens (including phenoxy) is 1. The molecule has 3 N–H and O–H groups in total. The van der Waals surface area contributed by atoms with Crippen LogP contribution in [-0.4, -0.2) is 47.7 Å². The van der Waals surface area contributed by atoms with Crippen molar-refractivity contribution >= 4 is 5.95 Å². The molecule has 90 valence electrons. The van der Waals surface area contributed by atoms with Crippen molar-refractivity contribution in [3.63, 3.8) is 0 Å². The SMILES string of the molecule is C[C@@H](O)[C@H](N)c1nc(N2CCOCC2)no1. The second-order valence-corrected chi connectivity index (χ2v) is 3.80. The second-order valence-electron chi connectivity index (χ2n) is 3.80. The van der Waals surface area contributed by atoms with Crippen molar-refractivity contribution in [2.75, 3.05) is 31.2 Å². The number of hydrogen-bond donors (Lipinski definition) is 2. The van der Waals surface area contributed by atoms with Gasteiger partial charge in [-0.25, -0.2) is 0 Å². The van der Waals surface area contributed by atoms with Crippen molar-refractivity contribution in [2.24, 2.45) is 5.73 Å². The molecule has 1 aromatic heterocycles. The zero-order chi connectivity index (χ0) is 11.5. The fourth-order valence-electron chi connectivity index (χ4n) is 1.46. The van der Waals surface area contributed by atoms with Crippen LogP contribution in [0.3, 0.4) is 0 Å². The third-order valence-corrected chi connectivity index (χ3v) is 2.53. The highest BCUT2D eigenvalue weighted by atomic mass is 16.5. The van der Waals surface area contributed by atoms with Crippen LogP contribution in [0, 0.1) is 0 Å². The number of hydrogen-bond acceptors (Lipinski definition) is 7. The molecule has 1 fully saturated rings. The first kappa shape index (κ1) is 11.3. The van der Waals surface area contributed by atoms with Gasteiger partial charge >= 0.3 is 0 Å². The van der Waals surface area contributed by atoms with Gasteiger partial charge in [-0.05, 0) is 12.1 Å². The minimum atomic E-state index is -0.710. The molecule has 0 aromatic carbocycles. The lowest BCUT2D eigenvalue weighted by Crippen LogP contribution is -2.37. The Balaban J connectivity index is 2.06. The summed E-state index contributed by atoms with van der Waals surface area (Å²) in [5.74, 6) is 0.769. The van der Waals surface area contributed by atoms with E-state index in [0.29, 0.717) is 19.2 Å². The lowest BCUT2D eigenvalue weighted by molar-refractivity contribution is 0.121. The van der Waals surface area contributed by atoms with Crippen molar-refractivity contribution < 1.29 is 14.4 Å². The van der Waals surface area contributed by atoms with E-state index in [4.69, 9.17) is 15.0 Å². The largest absolute Gasteiger partial charge is 0.391 e. The van der Waals surface area contributed by atoms with Gasteiger partial charge in [0.15, 0.2) is 0 Å². The summed E-state index contributed by atoms with van der Waals surface area (Å²) in [7, 11) is 0. The Bertz CT molecular complexity index is 335. The van der Waals surface area contributed by atoms with Crippen molar-refractivity contribution in [3.8, 4) is 0 Å². The molecule has 1 saturated heterocycles. The van der Waals surface area contributed by atoms with Crippen molar-refractivity contribution in [2.45, 2.75) is 19.1 Å². The minimum absolute atomic E-state index is 0.261. The topological polar surface area (TPSA) is 97.6 Å². The summed E-state index contributed by atoms with van der Waals surface area (Å²) in [4.78, 5) is 6.13. The Hall–Kier alpha value is -1.18. The van der Waals surface area contributed by atoms with Gasteiger partial charge in [0.05, 0.1) is 19.3 Å². The van der Waals surface area contributed by atoms with Crippen LogP contribution in [0.25, 0.3) is 0 Å². The molecule has 1 aromatic rings. The van der Waals surface area contributed by atoms with Crippen molar-refractivity contribution in [1.82, 2.24) is 10.1 Å². The van der Waals surface area contributed by atoms with Crippen LogP contribution in [-0.2, 0) is 4.74 Å². The summed E-state index contributed by atoms with van der Waals surface area (Å²) >= 11 is 0. The predicted octanol–water partition coefficient (Wildman–Crippen LogP) is -0.713. The van der Waals surface area contributed by atoms with Crippen LogP contribution in [0.1, 0.15) is 18.9 Å². The van der Waals surface area contributed by atoms with Gasteiger partial charge in [-0.15, -0.1) is 0 Å². The van der Waals surface area contributed by atoms with E-state index in [0.717, 1.165) is 13.1 Å². The summed E-state index contributed by atoms with van der Waals surface area (Å²) in [6.07, 6.45) is -0.710. The van der Waals surface area contributed by atoms with Gasteiger partial charge in [0.2, 0.25) is 5.89 Å². The number of aliphatic hydroxyl groups excluding tert-OH is 1. The first-order chi connectivity index (χ1) is 7.68. The van der Waals surface area contributed by atoms with Crippen LogP contribution in [0.15, 0.2) is 4.52 Å². The van der Waals surface area contributed by atoms with Crippen LogP contribution in [0.4, 0.5) is 5.95 Å². The Labute approximate surface area is 93.2 Å². The quantitative estimate of drug-likeness (QED) is 0.705. The summed E-state index contributed by atoms with van der Waals surface area (Å²) < 4.78 is 10.2. The van der Waals surface area contributed by atoms with Crippen LogP contribution < -0.4 is 10.6 Å². The number of nitrogens with zero attached hydrogens (tertiary/aromatic N) is 3. The highest BCUT2D eigenvalue weighted by molar-refractivity contribution is 5.28. The molecule has 7 nitrogen and oxygen atoms in total. The maximum atomic E-state index is 9.31. The van der Waals surface area contributed by atoms with Gasteiger partial charge in [-0.1, -0.05) is 0 Å². The summed E-state index contributed by atoms with van der Waals surface area (Å²) in [6.45, 7) is 4.38. The first-order valence-corrected chi connectivity index (χ1v) is 5.28. The van der Waals surface area contributed by atoms with Crippen molar-refractivity contribution in [1.29, 1.82) is 0 Å². The maximum Gasteiger partial charge on any atom is 0.266 e. The molecule has 0 bridgehead atoms. The summed E-state index contributed by atoms with van der Waals surface area (Å²) in [5.41, 5.74) is 5.69. The number of rotatable bonds is 3. The van der Waals surface area contributed by atoms with Gasteiger partial charge in [0.25, 0.3) is 5.95 Å². The van der Waals surface area contributed by atoms with Gasteiger partial charge in [0, 0.05) is 13.1 Å². The molecule has 0 spiro atoms.